The van der Waals surface area contributed by atoms with Gasteiger partial charge >= 0.3 is 0 Å². The molecule has 0 bridgehead atoms. The number of rotatable bonds is 3. The van der Waals surface area contributed by atoms with Crippen molar-refractivity contribution in [1.29, 1.82) is 5.26 Å². The lowest BCUT2D eigenvalue weighted by Crippen LogP contribution is -2.07. The van der Waals surface area contributed by atoms with Crippen molar-refractivity contribution in [3.05, 3.63) is 63.4 Å². The van der Waals surface area contributed by atoms with Gasteiger partial charge in [0.2, 0.25) is 0 Å². The maximum atomic E-state index is 13.2. The maximum Gasteiger partial charge on any atom is 0.185 e. The van der Waals surface area contributed by atoms with Crippen LogP contribution in [-0.4, -0.2) is 8.42 Å². The highest BCUT2D eigenvalue weighted by Gasteiger charge is 2.22. The van der Waals surface area contributed by atoms with Crippen LogP contribution < -0.4 is 0 Å². The average molecular weight is 344 g/mol. The van der Waals surface area contributed by atoms with Gasteiger partial charge < -0.3 is 0 Å². The molecule has 0 unspecified atom stereocenters. The SMILES string of the molecule is N#Cc1cc(CS(=O)(=O)c2c(Cl)cccc2Cl)ccc1F. The van der Waals surface area contributed by atoms with Gasteiger partial charge in [0.25, 0.3) is 0 Å². The van der Waals surface area contributed by atoms with Gasteiger partial charge in [-0.2, -0.15) is 5.26 Å². The Kier molecular flexibility index (Phi) is 4.52. The van der Waals surface area contributed by atoms with Gasteiger partial charge in [0, 0.05) is 0 Å². The van der Waals surface area contributed by atoms with Crippen molar-refractivity contribution in [1.82, 2.24) is 0 Å². The first-order chi connectivity index (χ1) is 9.85. The zero-order valence-corrected chi connectivity index (χ0v) is 12.8. The molecule has 0 radical (unpaired) electrons. The number of sulfone groups is 1. The largest absolute Gasteiger partial charge is 0.223 e. The van der Waals surface area contributed by atoms with Gasteiger partial charge in [-0.25, -0.2) is 12.8 Å². The van der Waals surface area contributed by atoms with Crippen molar-refractivity contribution in [2.45, 2.75) is 10.6 Å². The van der Waals surface area contributed by atoms with Crippen LogP contribution >= 0.6 is 23.2 Å². The fourth-order valence-corrected chi connectivity index (χ4v) is 4.41. The van der Waals surface area contributed by atoms with Gasteiger partial charge in [-0.3, -0.25) is 0 Å². The predicted octanol–water partition coefficient (Wildman–Crippen LogP) is 3.98. The summed E-state index contributed by atoms with van der Waals surface area (Å²) in [7, 11) is -3.81. The minimum Gasteiger partial charge on any atom is -0.223 e. The minimum atomic E-state index is -3.81. The zero-order valence-electron chi connectivity index (χ0n) is 10.5. The molecule has 0 saturated heterocycles. The molecule has 0 aromatic heterocycles. The molecule has 0 spiro atoms. The molecule has 0 aliphatic heterocycles. The van der Waals surface area contributed by atoms with E-state index in [4.69, 9.17) is 28.5 Å². The van der Waals surface area contributed by atoms with Gasteiger partial charge in [0.05, 0.1) is 21.4 Å². The molecule has 0 fully saturated rings. The number of halogens is 3. The first-order valence-corrected chi connectivity index (χ1v) is 8.11. The summed E-state index contributed by atoms with van der Waals surface area (Å²) in [5, 5.41) is 8.80. The van der Waals surface area contributed by atoms with E-state index in [9.17, 15) is 12.8 Å². The highest BCUT2D eigenvalue weighted by molar-refractivity contribution is 7.90. The number of hydrogen-bond acceptors (Lipinski definition) is 3. The van der Waals surface area contributed by atoms with Crippen molar-refractivity contribution in [2.75, 3.05) is 0 Å². The third-order valence-corrected chi connectivity index (χ3v) is 5.37. The molecule has 0 heterocycles. The van der Waals surface area contributed by atoms with Crippen molar-refractivity contribution in [2.24, 2.45) is 0 Å². The molecule has 2 aromatic carbocycles. The van der Waals surface area contributed by atoms with Crippen molar-refractivity contribution >= 4 is 33.0 Å². The van der Waals surface area contributed by atoms with E-state index in [0.29, 0.717) is 0 Å². The van der Waals surface area contributed by atoms with Gasteiger partial charge in [0.15, 0.2) is 9.84 Å². The van der Waals surface area contributed by atoms with Crippen LogP contribution in [0.5, 0.6) is 0 Å². The Bertz CT molecular complexity index is 824. The second-order valence-electron chi connectivity index (χ2n) is 4.24. The summed E-state index contributed by atoms with van der Waals surface area (Å²) in [4.78, 5) is -0.170. The fraction of sp³-hybridized carbons (Fsp3) is 0.0714. The van der Waals surface area contributed by atoms with Crippen molar-refractivity contribution in [3.63, 3.8) is 0 Å². The third-order valence-electron chi connectivity index (χ3n) is 2.74. The summed E-state index contributed by atoms with van der Waals surface area (Å²) < 4.78 is 38.0. The van der Waals surface area contributed by atoms with Crippen LogP contribution in [0.1, 0.15) is 11.1 Å². The van der Waals surface area contributed by atoms with E-state index in [1.807, 2.05) is 0 Å². The molecular formula is C14H8Cl2FNO2S. The molecule has 0 amide bonds. The van der Waals surface area contributed by atoms with E-state index < -0.39 is 21.4 Å². The fourth-order valence-electron chi connectivity index (χ4n) is 1.82. The summed E-state index contributed by atoms with van der Waals surface area (Å²) in [6.07, 6.45) is 0. The zero-order chi connectivity index (χ0) is 15.6. The second-order valence-corrected chi connectivity index (χ2v) is 6.98. The molecule has 0 aliphatic carbocycles. The first kappa shape index (κ1) is 15.8. The quantitative estimate of drug-likeness (QED) is 0.846. The van der Waals surface area contributed by atoms with Crippen LogP contribution in [0, 0.1) is 17.1 Å². The van der Waals surface area contributed by atoms with Crippen LogP contribution in [-0.2, 0) is 15.6 Å². The van der Waals surface area contributed by atoms with Gasteiger partial charge in [-0.1, -0.05) is 35.3 Å². The van der Waals surface area contributed by atoms with E-state index >= 15 is 0 Å². The number of nitrogens with zero attached hydrogens (tertiary/aromatic N) is 1. The second kappa shape index (κ2) is 6.02. The average Bonchev–Trinajstić information content (AvgIpc) is 2.40. The van der Waals surface area contributed by atoms with Crippen LogP contribution in [0.2, 0.25) is 10.0 Å². The van der Waals surface area contributed by atoms with Gasteiger partial charge in [0.1, 0.15) is 16.8 Å². The van der Waals surface area contributed by atoms with E-state index in [2.05, 4.69) is 0 Å². The summed E-state index contributed by atoms with van der Waals surface area (Å²) in [6, 6.07) is 9.59. The minimum absolute atomic E-state index is 0.0186. The Morgan fingerprint density at radius 1 is 1.14 bits per heavy atom. The van der Waals surface area contributed by atoms with E-state index in [0.717, 1.165) is 6.07 Å². The van der Waals surface area contributed by atoms with Crippen molar-refractivity contribution in [3.8, 4) is 6.07 Å². The van der Waals surface area contributed by atoms with Gasteiger partial charge in [-0.05, 0) is 29.8 Å². The Hall–Kier alpha value is -1.61. The standard InChI is InChI=1S/C14H8Cl2FNO2S/c15-11-2-1-3-12(16)14(11)21(19,20)8-9-4-5-13(17)10(6-9)7-18/h1-6H,8H2. The lowest BCUT2D eigenvalue weighted by atomic mass is 10.1. The molecule has 0 atom stereocenters. The number of benzene rings is 2. The molecule has 7 heteroatoms. The van der Waals surface area contributed by atoms with E-state index in [-0.39, 0.29) is 26.1 Å². The smallest absolute Gasteiger partial charge is 0.185 e. The van der Waals surface area contributed by atoms with Crippen LogP contribution in [0.25, 0.3) is 0 Å². The molecule has 0 saturated carbocycles. The molecule has 0 aliphatic rings. The molecule has 2 aromatic rings. The Balaban J connectivity index is 2.46. The highest BCUT2D eigenvalue weighted by Crippen LogP contribution is 2.31. The Morgan fingerprint density at radius 2 is 1.76 bits per heavy atom. The summed E-state index contributed by atoms with van der Waals surface area (Å²) in [6.45, 7) is 0. The molecule has 108 valence electrons. The summed E-state index contributed by atoms with van der Waals surface area (Å²) in [5.74, 6) is -1.12. The lowest BCUT2D eigenvalue weighted by Gasteiger charge is -2.09. The maximum absolute atomic E-state index is 13.2. The normalized spacial score (nSPS) is 11.1. The van der Waals surface area contributed by atoms with Crippen LogP contribution in [0.3, 0.4) is 0 Å². The van der Waals surface area contributed by atoms with Crippen LogP contribution in [0.4, 0.5) is 4.39 Å². The van der Waals surface area contributed by atoms with Gasteiger partial charge in [-0.15, -0.1) is 0 Å². The Morgan fingerprint density at radius 3 is 2.33 bits per heavy atom. The molecule has 21 heavy (non-hydrogen) atoms. The molecule has 0 N–H and O–H groups in total. The van der Waals surface area contributed by atoms with Crippen LogP contribution in [0.15, 0.2) is 41.3 Å². The highest BCUT2D eigenvalue weighted by atomic mass is 35.5. The number of hydrogen-bond donors (Lipinski definition) is 0. The van der Waals surface area contributed by atoms with Crippen molar-refractivity contribution < 1.29 is 12.8 Å². The molecular weight excluding hydrogens is 336 g/mol. The topological polar surface area (TPSA) is 57.9 Å². The summed E-state index contributed by atoms with van der Waals surface area (Å²) >= 11 is 11.8. The molecule has 2 rings (SSSR count). The molecule has 3 nitrogen and oxygen atoms in total. The monoisotopic (exact) mass is 343 g/mol. The third kappa shape index (κ3) is 3.35. The van der Waals surface area contributed by atoms with E-state index in [1.165, 1.54) is 30.3 Å². The summed E-state index contributed by atoms with van der Waals surface area (Å²) in [5.41, 5.74) is 0.0666. The Labute approximate surface area is 131 Å². The lowest BCUT2D eigenvalue weighted by molar-refractivity contribution is 0.595. The predicted molar refractivity (Wildman–Crippen MR) is 78.5 cm³/mol. The van der Waals surface area contributed by atoms with E-state index in [1.54, 1.807) is 6.07 Å². The number of nitriles is 1. The first-order valence-electron chi connectivity index (χ1n) is 5.70.